The van der Waals surface area contributed by atoms with Crippen LogP contribution in [-0.2, 0) is 14.1 Å². The molecule has 0 N–H and O–H groups in total. The highest BCUT2D eigenvalue weighted by molar-refractivity contribution is 6.33. The SMILES string of the molecule is Cn1nc(Cl)c2ncn(C)c2c1=O. The van der Waals surface area contributed by atoms with E-state index in [4.69, 9.17) is 11.6 Å². The molecule has 0 fully saturated rings. The molecule has 0 aliphatic heterocycles. The Labute approximate surface area is 78.6 Å². The van der Waals surface area contributed by atoms with Crippen LogP contribution in [-0.4, -0.2) is 19.3 Å². The van der Waals surface area contributed by atoms with Crippen LogP contribution in [0.5, 0.6) is 0 Å². The summed E-state index contributed by atoms with van der Waals surface area (Å²) in [5.74, 6) is 0. The van der Waals surface area contributed by atoms with E-state index in [2.05, 4.69) is 10.1 Å². The summed E-state index contributed by atoms with van der Waals surface area (Å²) in [6, 6.07) is 0. The van der Waals surface area contributed by atoms with Gasteiger partial charge in [-0.15, -0.1) is 0 Å². The zero-order chi connectivity index (χ0) is 9.59. The minimum Gasteiger partial charge on any atom is -0.329 e. The number of nitrogens with zero attached hydrogens (tertiary/aromatic N) is 4. The first kappa shape index (κ1) is 8.25. The van der Waals surface area contributed by atoms with Gasteiger partial charge in [0.05, 0.1) is 6.33 Å². The monoisotopic (exact) mass is 198 g/mol. The Morgan fingerprint density at radius 3 is 2.85 bits per heavy atom. The van der Waals surface area contributed by atoms with E-state index in [-0.39, 0.29) is 10.7 Å². The molecular weight excluding hydrogens is 192 g/mol. The van der Waals surface area contributed by atoms with Crippen LogP contribution in [0.4, 0.5) is 0 Å². The van der Waals surface area contributed by atoms with E-state index in [9.17, 15) is 4.79 Å². The molecule has 6 heteroatoms. The van der Waals surface area contributed by atoms with E-state index in [1.807, 2.05) is 0 Å². The topological polar surface area (TPSA) is 52.7 Å². The normalized spacial score (nSPS) is 11.0. The predicted molar refractivity (Wildman–Crippen MR) is 48.8 cm³/mol. The molecule has 0 amide bonds. The Balaban J connectivity index is 3.10. The summed E-state index contributed by atoms with van der Waals surface area (Å²) in [4.78, 5) is 15.5. The van der Waals surface area contributed by atoms with Crippen molar-refractivity contribution in [1.29, 1.82) is 0 Å². The highest BCUT2D eigenvalue weighted by Gasteiger charge is 2.10. The van der Waals surface area contributed by atoms with Crippen molar-refractivity contribution in [3.8, 4) is 0 Å². The van der Waals surface area contributed by atoms with Crippen molar-refractivity contribution >= 4 is 22.6 Å². The van der Waals surface area contributed by atoms with Crippen molar-refractivity contribution in [2.75, 3.05) is 0 Å². The largest absolute Gasteiger partial charge is 0.329 e. The van der Waals surface area contributed by atoms with Crippen molar-refractivity contribution in [3.63, 3.8) is 0 Å². The first-order valence-electron chi connectivity index (χ1n) is 3.65. The summed E-state index contributed by atoms with van der Waals surface area (Å²) in [6.45, 7) is 0. The first-order chi connectivity index (χ1) is 6.11. The third-order valence-electron chi connectivity index (χ3n) is 1.87. The lowest BCUT2D eigenvalue weighted by molar-refractivity contribution is 0.713. The van der Waals surface area contributed by atoms with Crippen LogP contribution in [0, 0.1) is 0 Å². The van der Waals surface area contributed by atoms with Gasteiger partial charge in [0.25, 0.3) is 5.56 Å². The van der Waals surface area contributed by atoms with Crippen LogP contribution in [0.3, 0.4) is 0 Å². The van der Waals surface area contributed by atoms with Crippen molar-refractivity contribution in [2.24, 2.45) is 14.1 Å². The molecule has 0 aromatic carbocycles. The summed E-state index contributed by atoms with van der Waals surface area (Å²) in [5.41, 5.74) is 0.731. The third-order valence-corrected chi connectivity index (χ3v) is 2.12. The van der Waals surface area contributed by atoms with Crippen LogP contribution in [0.2, 0.25) is 5.15 Å². The molecule has 0 saturated carbocycles. The molecule has 68 valence electrons. The van der Waals surface area contributed by atoms with Crippen LogP contribution in [0.15, 0.2) is 11.1 Å². The standard InChI is InChI=1S/C7H7ClN4O/c1-11-3-9-4-5(11)7(13)12(2)10-6(4)8/h3H,1-2H3. The number of hydrogen-bond acceptors (Lipinski definition) is 3. The van der Waals surface area contributed by atoms with E-state index < -0.39 is 0 Å². The number of fused-ring (bicyclic) bond motifs is 1. The molecule has 0 radical (unpaired) electrons. The van der Waals surface area contributed by atoms with Crippen molar-refractivity contribution in [1.82, 2.24) is 19.3 Å². The fourth-order valence-corrected chi connectivity index (χ4v) is 1.46. The molecule has 0 bridgehead atoms. The molecule has 2 heterocycles. The van der Waals surface area contributed by atoms with Gasteiger partial charge in [0.15, 0.2) is 5.15 Å². The van der Waals surface area contributed by atoms with Crippen LogP contribution in [0.25, 0.3) is 11.0 Å². The molecule has 0 unspecified atom stereocenters. The van der Waals surface area contributed by atoms with Gasteiger partial charge >= 0.3 is 0 Å². The zero-order valence-electron chi connectivity index (χ0n) is 7.15. The molecule has 2 rings (SSSR count). The van der Waals surface area contributed by atoms with E-state index in [1.165, 1.54) is 4.68 Å². The summed E-state index contributed by atoms with van der Waals surface area (Å²) >= 11 is 5.80. The smallest absolute Gasteiger partial charge is 0.292 e. The van der Waals surface area contributed by atoms with Crippen LogP contribution >= 0.6 is 11.6 Å². The number of halogens is 1. The van der Waals surface area contributed by atoms with Crippen molar-refractivity contribution in [2.45, 2.75) is 0 Å². The average Bonchev–Trinajstić information content (AvgIpc) is 2.44. The first-order valence-corrected chi connectivity index (χ1v) is 4.03. The van der Waals surface area contributed by atoms with Crippen molar-refractivity contribution in [3.05, 3.63) is 21.8 Å². The van der Waals surface area contributed by atoms with Gasteiger partial charge in [-0.05, 0) is 0 Å². The number of imidazole rings is 1. The second kappa shape index (κ2) is 2.56. The molecule has 2 aromatic heterocycles. The van der Waals surface area contributed by atoms with Gasteiger partial charge in [0, 0.05) is 14.1 Å². The predicted octanol–water partition coefficient (Wildman–Crippen LogP) is 0.320. The minimum absolute atomic E-state index is 0.195. The Morgan fingerprint density at radius 1 is 1.46 bits per heavy atom. The maximum absolute atomic E-state index is 11.5. The fourth-order valence-electron chi connectivity index (χ4n) is 1.21. The zero-order valence-corrected chi connectivity index (χ0v) is 7.91. The molecule has 0 atom stereocenters. The number of rotatable bonds is 0. The van der Waals surface area contributed by atoms with E-state index in [0.717, 1.165) is 0 Å². The Morgan fingerprint density at radius 2 is 2.15 bits per heavy atom. The van der Waals surface area contributed by atoms with Crippen molar-refractivity contribution < 1.29 is 0 Å². The van der Waals surface area contributed by atoms with Gasteiger partial charge < -0.3 is 4.57 Å². The fraction of sp³-hybridized carbons (Fsp3) is 0.286. The lowest BCUT2D eigenvalue weighted by atomic mass is 10.4. The summed E-state index contributed by atoms with van der Waals surface area (Å²) in [6.07, 6.45) is 1.54. The van der Waals surface area contributed by atoms with Gasteiger partial charge in [-0.25, -0.2) is 9.67 Å². The maximum Gasteiger partial charge on any atom is 0.292 e. The summed E-state index contributed by atoms with van der Waals surface area (Å²) in [7, 11) is 3.30. The highest BCUT2D eigenvalue weighted by Crippen LogP contribution is 2.14. The average molecular weight is 199 g/mol. The molecule has 0 saturated heterocycles. The molecular formula is C7H7ClN4O. The molecule has 0 aliphatic carbocycles. The van der Waals surface area contributed by atoms with Gasteiger partial charge in [-0.1, -0.05) is 11.6 Å². The van der Waals surface area contributed by atoms with E-state index in [0.29, 0.717) is 11.0 Å². The molecule has 0 spiro atoms. The lowest BCUT2D eigenvalue weighted by Gasteiger charge is -1.98. The Hall–Kier alpha value is -1.36. The molecule has 13 heavy (non-hydrogen) atoms. The number of aryl methyl sites for hydroxylation is 2. The summed E-state index contributed by atoms with van der Waals surface area (Å²) < 4.78 is 2.83. The highest BCUT2D eigenvalue weighted by atomic mass is 35.5. The van der Waals surface area contributed by atoms with E-state index >= 15 is 0 Å². The van der Waals surface area contributed by atoms with Crippen LogP contribution in [0.1, 0.15) is 0 Å². The van der Waals surface area contributed by atoms with Gasteiger partial charge in [-0.2, -0.15) is 5.10 Å². The second-order valence-corrected chi connectivity index (χ2v) is 3.13. The third kappa shape index (κ3) is 1.04. The molecule has 2 aromatic rings. The Bertz CT molecular complexity index is 527. The number of aromatic nitrogens is 4. The summed E-state index contributed by atoms with van der Waals surface area (Å²) in [5, 5.41) is 4.06. The molecule has 5 nitrogen and oxygen atoms in total. The minimum atomic E-state index is -0.195. The second-order valence-electron chi connectivity index (χ2n) is 2.77. The quantitative estimate of drug-likeness (QED) is 0.613. The van der Waals surface area contributed by atoms with Gasteiger partial charge in [0.1, 0.15) is 11.0 Å². The lowest BCUT2D eigenvalue weighted by Crippen LogP contribution is -2.21. The van der Waals surface area contributed by atoms with Gasteiger partial charge in [-0.3, -0.25) is 4.79 Å². The Kier molecular flexibility index (Phi) is 1.63. The van der Waals surface area contributed by atoms with E-state index in [1.54, 1.807) is 25.0 Å². The molecule has 0 aliphatic rings. The van der Waals surface area contributed by atoms with Gasteiger partial charge in [0.2, 0.25) is 0 Å². The number of hydrogen-bond donors (Lipinski definition) is 0. The van der Waals surface area contributed by atoms with Crippen LogP contribution < -0.4 is 5.56 Å². The maximum atomic E-state index is 11.5.